The van der Waals surface area contributed by atoms with Crippen molar-refractivity contribution in [3.05, 3.63) is 80.4 Å². The van der Waals surface area contributed by atoms with Gasteiger partial charge in [-0.3, -0.25) is 14.4 Å². The number of alkyl halides is 2. The molecular formula is C28H26ClF2N5O3. The number of hydrogen-bond donors (Lipinski definition) is 2. The molecule has 3 aliphatic rings. The van der Waals surface area contributed by atoms with Crippen LogP contribution >= 0.6 is 11.6 Å². The first-order valence-corrected chi connectivity index (χ1v) is 13.2. The van der Waals surface area contributed by atoms with Crippen LogP contribution in [0.3, 0.4) is 0 Å². The van der Waals surface area contributed by atoms with Crippen LogP contribution in [0.2, 0.25) is 5.02 Å². The number of hydrogen-bond acceptors (Lipinski definition) is 5. The van der Waals surface area contributed by atoms with E-state index in [9.17, 15) is 23.2 Å². The van der Waals surface area contributed by atoms with Crippen molar-refractivity contribution >= 4 is 29.2 Å². The lowest BCUT2D eigenvalue weighted by Crippen LogP contribution is -2.58. The molecule has 6 rings (SSSR count). The van der Waals surface area contributed by atoms with Crippen LogP contribution < -0.4 is 16.6 Å². The Labute approximate surface area is 227 Å². The van der Waals surface area contributed by atoms with Gasteiger partial charge in [-0.15, -0.1) is 0 Å². The highest BCUT2D eigenvalue weighted by Crippen LogP contribution is 2.42. The van der Waals surface area contributed by atoms with E-state index < -0.39 is 30.8 Å². The summed E-state index contributed by atoms with van der Waals surface area (Å²) in [5.74, 6) is -3.63. The summed E-state index contributed by atoms with van der Waals surface area (Å²) in [5, 5.41) is 3.06. The summed E-state index contributed by atoms with van der Waals surface area (Å²) in [6.45, 7) is -1.12. The Morgan fingerprint density at radius 3 is 2.46 bits per heavy atom. The lowest BCUT2D eigenvalue weighted by molar-refractivity contribution is -0.113. The summed E-state index contributed by atoms with van der Waals surface area (Å²) >= 11 is 6.18. The average Bonchev–Trinajstić information content (AvgIpc) is 3.80. The van der Waals surface area contributed by atoms with E-state index in [1.54, 1.807) is 29.0 Å². The van der Waals surface area contributed by atoms with Gasteiger partial charge in [0.1, 0.15) is 11.4 Å². The minimum Gasteiger partial charge on any atom is -0.326 e. The number of carbonyl (C=O) groups is 2. The molecule has 0 bridgehead atoms. The van der Waals surface area contributed by atoms with Gasteiger partial charge < -0.3 is 20.5 Å². The van der Waals surface area contributed by atoms with Gasteiger partial charge in [0.05, 0.1) is 13.1 Å². The number of benzene rings is 1. The second-order valence-corrected chi connectivity index (χ2v) is 10.9. The number of aromatic nitrogens is 2. The number of amides is 2. The minimum atomic E-state index is -2.90. The Balaban J connectivity index is 1.36. The fraction of sp³-hybridized carbons (Fsp3) is 0.357. The van der Waals surface area contributed by atoms with Crippen molar-refractivity contribution < 1.29 is 18.4 Å². The molecule has 0 spiro atoms. The van der Waals surface area contributed by atoms with Crippen LogP contribution in [0.5, 0.6) is 0 Å². The van der Waals surface area contributed by atoms with Gasteiger partial charge in [0, 0.05) is 41.0 Å². The van der Waals surface area contributed by atoms with Gasteiger partial charge in [0.2, 0.25) is 0 Å². The Morgan fingerprint density at radius 1 is 1.08 bits per heavy atom. The van der Waals surface area contributed by atoms with Gasteiger partial charge >= 0.3 is 0 Å². The van der Waals surface area contributed by atoms with E-state index >= 15 is 0 Å². The number of carbonyl (C=O) groups excluding carboxylic acids is 2. The number of nitrogens with zero attached hydrogens (tertiary/aromatic N) is 3. The molecule has 2 aromatic heterocycles. The molecule has 0 unspecified atom stereocenters. The van der Waals surface area contributed by atoms with Gasteiger partial charge in [-0.25, -0.2) is 13.8 Å². The predicted octanol–water partition coefficient (Wildman–Crippen LogP) is 4.58. The first-order valence-electron chi connectivity index (χ1n) is 12.9. The maximum atomic E-state index is 13.5. The molecule has 3 fully saturated rings. The summed E-state index contributed by atoms with van der Waals surface area (Å²) in [7, 11) is 0. The highest BCUT2D eigenvalue weighted by molar-refractivity contribution is 6.31. The standard InChI is InChI=1S/C28H26ClF2N5O3/c29-18-3-6-20(21(10-18)26(38)35-13-28(30,31)14-35)17-8-23(16-1-2-16)33-24(9-17)34-25(37)22-7-15(11-32)12-36(27(22)39)19-4-5-19/h3,6-10,12,16,19H,1-2,4-5,11,13-14,32H2,(H,33,34,37). The van der Waals surface area contributed by atoms with E-state index in [0.717, 1.165) is 36.3 Å². The van der Waals surface area contributed by atoms with Crippen molar-refractivity contribution in [2.75, 3.05) is 18.4 Å². The lowest BCUT2D eigenvalue weighted by atomic mass is 9.96. The average molecular weight is 554 g/mol. The first-order chi connectivity index (χ1) is 18.6. The van der Waals surface area contributed by atoms with Crippen molar-refractivity contribution in [2.45, 2.75) is 50.1 Å². The molecule has 39 heavy (non-hydrogen) atoms. The third-order valence-electron chi connectivity index (χ3n) is 7.26. The molecule has 11 heteroatoms. The fourth-order valence-corrected chi connectivity index (χ4v) is 5.05. The van der Waals surface area contributed by atoms with E-state index in [1.165, 1.54) is 12.1 Å². The zero-order valence-electron chi connectivity index (χ0n) is 20.9. The first kappa shape index (κ1) is 25.6. The molecule has 1 saturated heterocycles. The van der Waals surface area contributed by atoms with Gasteiger partial charge in [-0.1, -0.05) is 17.7 Å². The predicted molar refractivity (Wildman–Crippen MR) is 142 cm³/mol. The third kappa shape index (κ3) is 5.18. The second-order valence-electron chi connectivity index (χ2n) is 10.5. The van der Waals surface area contributed by atoms with Crippen molar-refractivity contribution in [2.24, 2.45) is 5.73 Å². The quantitative estimate of drug-likeness (QED) is 0.445. The molecular weight excluding hydrogens is 528 g/mol. The third-order valence-corrected chi connectivity index (χ3v) is 7.49. The molecule has 2 aliphatic carbocycles. The number of anilines is 1. The summed E-state index contributed by atoms with van der Waals surface area (Å²) in [4.78, 5) is 45.2. The summed E-state index contributed by atoms with van der Waals surface area (Å²) in [6.07, 6.45) is 5.32. The number of likely N-dealkylation sites (tertiary alicyclic amines) is 1. The Kier molecular flexibility index (Phi) is 6.27. The van der Waals surface area contributed by atoms with Gasteiger partial charge in [0.25, 0.3) is 23.3 Å². The van der Waals surface area contributed by atoms with E-state index in [2.05, 4.69) is 10.3 Å². The SMILES string of the molecule is NCc1cc(C(=O)Nc2cc(-c3ccc(Cl)cc3C(=O)N3CC(F)(F)C3)cc(C3CC3)n2)c(=O)n(C2CC2)c1. The van der Waals surface area contributed by atoms with E-state index in [0.29, 0.717) is 21.7 Å². The Bertz CT molecular complexity index is 1560. The van der Waals surface area contributed by atoms with Crippen LogP contribution in [-0.2, 0) is 6.54 Å². The second kappa shape index (κ2) is 9.53. The highest BCUT2D eigenvalue weighted by atomic mass is 35.5. The van der Waals surface area contributed by atoms with E-state index in [1.807, 2.05) is 6.07 Å². The van der Waals surface area contributed by atoms with Gasteiger partial charge in [-0.05, 0) is 72.7 Å². The van der Waals surface area contributed by atoms with E-state index in [-0.39, 0.29) is 41.0 Å². The number of nitrogens with one attached hydrogen (secondary N) is 1. The molecule has 0 radical (unpaired) electrons. The normalized spacial score (nSPS) is 18.0. The number of halogens is 3. The molecule has 8 nitrogen and oxygen atoms in total. The topological polar surface area (TPSA) is 110 Å². The van der Waals surface area contributed by atoms with Crippen molar-refractivity contribution in [3.8, 4) is 11.1 Å². The van der Waals surface area contributed by atoms with Crippen molar-refractivity contribution in [1.29, 1.82) is 0 Å². The van der Waals surface area contributed by atoms with Crippen molar-refractivity contribution in [3.63, 3.8) is 0 Å². The van der Waals surface area contributed by atoms with Gasteiger partial charge in [-0.2, -0.15) is 0 Å². The largest absolute Gasteiger partial charge is 0.326 e. The molecule has 1 aromatic carbocycles. The summed E-state index contributed by atoms with van der Waals surface area (Å²) < 4.78 is 28.5. The van der Waals surface area contributed by atoms with Crippen molar-refractivity contribution in [1.82, 2.24) is 14.5 Å². The Morgan fingerprint density at radius 2 is 1.82 bits per heavy atom. The summed E-state index contributed by atoms with van der Waals surface area (Å²) in [6, 6.07) is 9.76. The molecule has 202 valence electrons. The minimum absolute atomic E-state index is 0.0221. The number of pyridine rings is 2. The molecule has 2 saturated carbocycles. The van der Waals surface area contributed by atoms with Crippen LogP contribution in [0, 0.1) is 0 Å². The van der Waals surface area contributed by atoms with E-state index in [4.69, 9.17) is 17.3 Å². The molecule has 2 amide bonds. The van der Waals surface area contributed by atoms with Crippen LogP contribution in [0.1, 0.15) is 69.6 Å². The van der Waals surface area contributed by atoms with Crippen LogP contribution in [-0.4, -0.2) is 45.3 Å². The maximum Gasteiger partial charge on any atom is 0.282 e. The monoisotopic (exact) mass is 553 g/mol. The molecule has 3 N–H and O–H groups in total. The number of rotatable bonds is 7. The summed E-state index contributed by atoms with van der Waals surface area (Å²) in [5.41, 5.74) is 8.07. The van der Waals surface area contributed by atoms with Crippen LogP contribution in [0.15, 0.2) is 47.4 Å². The zero-order chi connectivity index (χ0) is 27.5. The van der Waals surface area contributed by atoms with Crippen LogP contribution in [0.4, 0.5) is 14.6 Å². The maximum absolute atomic E-state index is 13.5. The molecule has 0 atom stereocenters. The van der Waals surface area contributed by atoms with Gasteiger partial charge in [0.15, 0.2) is 0 Å². The fourth-order valence-electron chi connectivity index (χ4n) is 4.87. The van der Waals surface area contributed by atoms with Crippen LogP contribution in [0.25, 0.3) is 11.1 Å². The molecule has 1 aliphatic heterocycles. The Hall–Kier alpha value is -3.63. The lowest BCUT2D eigenvalue weighted by Gasteiger charge is -2.39. The molecule has 3 heterocycles. The highest BCUT2D eigenvalue weighted by Gasteiger charge is 2.46. The number of nitrogens with two attached hydrogens (primary N) is 1. The zero-order valence-corrected chi connectivity index (χ0v) is 21.7. The molecule has 3 aromatic rings. The smallest absolute Gasteiger partial charge is 0.282 e.